The van der Waals surface area contributed by atoms with E-state index in [2.05, 4.69) is 0 Å². The average Bonchev–Trinajstić information content (AvgIpc) is 2.79. The molecular formula is C24H16ClF13N2O2. The number of amides is 2. The number of nitrogens with one attached hydrogen (secondary N) is 2. The van der Waals surface area contributed by atoms with Crippen molar-refractivity contribution in [3.8, 4) is 0 Å². The lowest BCUT2D eigenvalue weighted by Gasteiger charge is -2.20. The highest BCUT2D eigenvalue weighted by Gasteiger charge is 2.42. The van der Waals surface area contributed by atoms with E-state index in [1.807, 2.05) is 0 Å². The van der Waals surface area contributed by atoms with Gasteiger partial charge in [-0.15, -0.1) is 0 Å². The zero-order valence-electron chi connectivity index (χ0n) is 20.5. The van der Waals surface area contributed by atoms with E-state index in [-0.39, 0.29) is 18.2 Å². The number of carbonyl (C=O) groups is 2. The van der Waals surface area contributed by atoms with Gasteiger partial charge in [-0.25, -0.2) is 4.39 Å². The quantitative estimate of drug-likeness (QED) is 0.236. The van der Waals surface area contributed by atoms with Crippen molar-refractivity contribution in [2.24, 2.45) is 0 Å². The zero-order valence-corrected chi connectivity index (χ0v) is 21.3. The van der Waals surface area contributed by atoms with Crippen LogP contribution in [0.25, 0.3) is 5.83 Å². The fourth-order valence-electron chi connectivity index (χ4n) is 3.49. The van der Waals surface area contributed by atoms with Gasteiger partial charge in [-0.1, -0.05) is 23.7 Å². The second-order valence-electron chi connectivity index (χ2n) is 8.58. The van der Waals surface area contributed by atoms with Crippen LogP contribution in [0.15, 0.2) is 42.5 Å². The molecule has 42 heavy (non-hydrogen) atoms. The standard InChI is InChI=1S/C24H16ClF13N2O2/c1-10(39-19(41)9-21(27,28)29)40-20(42)13-4-2-12(7-15(13)23(33,34)35)18(26)8-14(22(30,31)32)11-3-5-17(25)16(6-11)24(36,37)38/h2-8,10,14H,9H2,1H3,(H,39,41)(H,40,42)/b18-8-/t10-,14?/m1/s1. The molecule has 0 radical (unpaired) electrons. The number of halogens is 14. The number of hydrogen-bond acceptors (Lipinski definition) is 2. The van der Waals surface area contributed by atoms with Crippen LogP contribution in [-0.2, 0) is 17.1 Å². The van der Waals surface area contributed by atoms with Crippen LogP contribution in [0.1, 0.15) is 51.9 Å². The number of hydrogen-bond donors (Lipinski definition) is 2. The SMILES string of the molecule is C[C@H](NC(=O)CC(F)(F)F)NC(=O)c1ccc(/C(F)=C/C(c2ccc(Cl)c(C(F)(F)F)c2)C(F)(F)F)cc1C(F)(F)F. The van der Waals surface area contributed by atoms with Gasteiger partial charge in [-0.3, -0.25) is 9.59 Å². The predicted molar refractivity (Wildman–Crippen MR) is 122 cm³/mol. The molecule has 0 aliphatic carbocycles. The first-order valence-electron chi connectivity index (χ1n) is 11.1. The average molecular weight is 647 g/mol. The molecule has 0 aliphatic rings. The molecular weight excluding hydrogens is 631 g/mol. The van der Waals surface area contributed by atoms with Crippen LogP contribution in [0.3, 0.4) is 0 Å². The van der Waals surface area contributed by atoms with Crippen LogP contribution in [0.2, 0.25) is 5.02 Å². The number of rotatable bonds is 7. The molecule has 232 valence electrons. The highest BCUT2D eigenvalue weighted by atomic mass is 35.5. The van der Waals surface area contributed by atoms with Crippen LogP contribution in [-0.4, -0.2) is 30.3 Å². The summed E-state index contributed by atoms with van der Waals surface area (Å²) in [6.45, 7) is 0.911. The summed E-state index contributed by atoms with van der Waals surface area (Å²) in [5.41, 5.74) is -7.09. The Balaban J connectivity index is 2.47. The molecule has 2 rings (SSSR count). The predicted octanol–water partition coefficient (Wildman–Crippen LogP) is 8.18. The van der Waals surface area contributed by atoms with Gasteiger partial charge in [0.05, 0.1) is 27.9 Å². The van der Waals surface area contributed by atoms with Crippen molar-refractivity contribution >= 4 is 29.2 Å². The molecule has 0 spiro atoms. The number of benzene rings is 2. The molecule has 1 unspecified atom stereocenters. The largest absolute Gasteiger partial charge is 0.417 e. The van der Waals surface area contributed by atoms with Crippen LogP contribution in [0.5, 0.6) is 0 Å². The molecule has 2 aromatic carbocycles. The van der Waals surface area contributed by atoms with Gasteiger partial charge >= 0.3 is 24.7 Å². The Morgan fingerprint density at radius 2 is 1.40 bits per heavy atom. The van der Waals surface area contributed by atoms with E-state index in [9.17, 15) is 66.7 Å². The second kappa shape index (κ2) is 12.4. The van der Waals surface area contributed by atoms with Crippen LogP contribution in [0, 0.1) is 0 Å². The lowest BCUT2D eigenvalue weighted by Crippen LogP contribution is -2.47. The van der Waals surface area contributed by atoms with Crippen molar-refractivity contribution in [3.63, 3.8) is 0 Å². The summed E-state index contributed by atoms with van der Waals surface area (Å²) in [6, 6.07) is 1.75. The summed E-state index contributed by atoms with van der Waals surface area (Å²) in [7, 11) is 0. The van der Waals surface area contributed by atoms with Gasteiger partial charge in [0.15, 0.2) is 0 Å². The molecule has 0 aromatic heterocycles. The van der Waals surface area contributed by atoms with Gasteiger partial charge < -0.3 is 10.6 Å². The maximum atomic E-state index is 14.9. The van der Waals surface area contributed by atoms with Gasteiger partial charge in [-0.05, 0) is 42.8 Å². The highest BCUT2D eigenvalue weighted by Crippen LogP contribution is 2.43. The van der Waals surface area contributed by atoms with Crippen molar-refractivity contribution in [1.29, 1.82) is 0 Å². The lowest BCUT2D eigenvalue weighted by atomic mass is 9.94. The molecule has 0 bridgehead atoms. The van der Waals surface area contributed by atoms with Gasteiger partial charge in [0.2, 0.25) is 5.91 Å². The van der Waals surface area contributed by atoms with E-state index >= 15 is 0 Å². The molecule has 2 atom stereocenters. The normalized spacial score (nSPS) is 14.8. The zero-order chi connectivity index (χ0) is 32.4. The van der Waals surface area contributed by atoms with E-state index in [0.717, 1.165) is 6.92 Å². The minimum atomic E-state index is -5.42. The molecule has 2 aromatic rings. The van der Waals surface area contributed by atoms with Crippen molar-refractivity contribution in [2.75, 3.05) is 0 Å². The minimum absolute atomic E-state index is 0.00745. The van der Waals surface area contributed by atoms with Gasteiger partial charge in [0.1, 0.15) is 18.2 Å². The fourth-order valence-corrected chi connectivity index (χ4v) is 3.71. The van der Waals surface area contributed by atoms with E-state index < -0.39 is 93.7 Å². The first-order valence-corrected chi connectivity index (χ1v) is 11.5. The van der Waals surface area contributed by atoms with Gasteiger partial charge in [0.25, 0.3) is 5.91 Å². The summed E-state index contributed by atoms with van der Waals surface area (Å²) in [4.78, 5) is 23.7. The molecule has 0 aliphatic heterocycles. The summed E-state index contributed by atoms with van der Waals surface area (Å²) >= 11 is 5.39. The number of allylic oxidation sites excluding steroid dienone is 1. The monoisotopic (exact) mass is 646 g/mol. The van der Waals surface area contributed by atoms with E-state index in [1.165, 1.54) is 0 Å². The first-order chi connectivity index (χ1) is 18.9. The Labute approximate surface area is 232 Å². The molecule has 2 amide bonds. The van der Waals surface area contributed by atoms with E-state index in [4.69, 9.17) is 11.6 Å². The minimum Gasteiger partial charge on any atom is -0.336 e. The molecule has 0 heterocycles. The van der Waals surface area contributed by atoms with Crippen molar-refractivity contribution in [1.82, 2.24) is 10.6 Å². The third-order valence-electron chi connectivity index (χ3n) is 5.25. The van der Waals surface area contributed by atoms with Crippen molar-refractivity contribution in [2.45, 2.75) is 50.1 Å². The highest BCUT2D eigenvalue weighted by molar-refractivity contribution is 6.31. The maximum absolute atomic E-state index is 14.9. The molecule has 2 N–H and O–H groups in total. The Hall–Kier alpha value is -3.50. The maximum Gasteiger partial charge on any atom is 0.417 e. The third kappa shape index (κ3) is 9.52. The number of carbonyl (C=O) groups excluding carboxylic acids is 2. The van der Waals surface area contributed by atoms with Crippen molar-refractivity contribution < 1.29 is 66.7 Å². The van der Waals surface area contributed by atoms with Gasteiger partial charge in [0, 0.05) is 5.56 Å². The Morgan fingerprint density at radius 1 is 0.833 bits per heavy atom. The lowest BCUT2D eigenvalue weighted by molar-refractivity contribution is -0.154. The van der Waals surface area contributed by atoms with Crippen LogP contribution in [0.4, 0.5) is 57.1 Å². The fraction of sp³-hybridized carbons (Fsp3) is 0.333. The van der Waals surface area contributed by atoms with Gasteiger partial charge in [-0.2, -0.15) is 52.7 Å². The smallest absolute Gasteiger partial charge is 0.336 e. The Morgan fingerprint density at radius 3 is 1.90 bits per heavy atom. The first kappa shape index (κ1) is 34.7. The summed E-state index contributed by atoms with van der Waals surface area (Å²) in [6.07, 6.45) is -24.8. The van der Waals surface area contributed by atoms with Crippen LogP contribution >= 0.6 is 11.6 Å². The Bertz CT molecular complexity index is 1350. The topological polar surface area (TPSA) is 58.2 Å². The van der Waals surface area contributed by atoms with Crippen LogP contribution < -0.4 is 10.6 Å². The summed E-state index contributed by atoms with van der Waals surface area (Å²) in [5.74, 6) is -8.26. The molecule has 0 saturated carbocycles. The molecule has 0 saturated heterocycles. The Kier molecular flexibility index (Phi) is 10.2. The molecule has 0 fully saturated rings. The number of alkyl halides is 12. The van der Waals surface area contributed by atoms with Crippen molar-refractivity contribution in [3.05, 3.63) is 75.3 Å². The summed E-state index contributed by atoms with van der Waals surface area (Å²) < 4.78 is 173. The summed E-state index contributed by atoms with van der Waals surface area (Å²) in [5, 5.41) is 2.47. The third-order valence-corrected chi connectivity index (χ3v) is 5.58. The van der Waals surface area contributed by atoms with E-state index in [0.29, 0.717) is 24.3 Å². The second-order valence-corrected chi connectivity index (χ2v) is 8.99. The molecule has 18 heteroatoms. The van der Waals surface area contributed by atoms with E-state index in [1.54, 1.807) is 10.6 Å². The molecule has 4 nitrogen and oxygen atoms in total.